The molecule has 1 saturated heterocycles. The van der Waals surface area contributed by atoms with Crippen LogP contribution in [-0.2, 0) is 11.0 Å². The minimum atomic E-state index is -4.48. The van der Waals surface area contributed by atoms with Gasteiger partial charge in [0.15, 0.2) is 0 Å². The van der Waals surface area contributed by atoms with Crippen LogP contribution < -0.4 is 4.74 Å². The van der Waals surface area contributed by atoms with Gasteiger partial charge >= 0.3 is 6.18 Å². The fraction of sp³-hybridized carbons (Fsp3) is 0.200. The zero-order valence-corrected chi connectivity index (χ0v) is 15.6. The van der Waals surface area contributed by atoms with Crippen LogP contribution in [0.3, 0.4) is 0 Å². The highest BCUT2D eigenvalue weighted by Gasteiger charge is 2.35. The van der Waals surface area contributed by atoms with Crippen LogP contribution in [-0.4, -0.2) is 29.2 Å². The highest BCUT2D eigenvalue weighted by atomic mass is 32.2. The van der Waals surface area contributed by atoms with Crippen LogP contribution in [0.5, 0.6) is 5.75 Å². The number of carbonyl (C=O) groups is 2. The molecule has 0 saturated carbocycles. The molecule has 2 aromatic rings. The number of hydrogen-bond acceptors (Lipinski definition) is 4. The number of carbonyl (C=O) groups excluding carboxylic acids is 2. The first-order valence-electron chi connectivity index (χ1n) is 8.36. The zero-order valence-electron chi connectivity index (χ0n) is 14.8. The van der Waals surface area contributed by atoms with Gasteiger partial charge in [0.05, 0.1) is 17.0 Å². The summed E-state index contributed by atoms with van der Waals surface area (Å²) in [5.74, 6) is 0.0806. The number of amides is 2. The van der Waals surface area contributed by atoms with Gasteiger partial charge in [-0.15, -0.1) is 0 Å². The number of ether oxygens (including phenoxy) is 1. The van der Waals surface area contributed by atoms with Crippen molar-refractivity contribution in [3.63, 3.8) is 0 Å². The number of halogens is 3. The Morgan fingerprint density at radius 1 is 1.11 bits per heavy atom. The van der Waals surface area contributed by atoms with Gasteiger partial charge in [-0.05, 0) is 54.6 Å². The molecule has 2 amide bonds. The Balaban J connectivity index is 1.66. The van der Waals surface area contributed by atoms with Crippen molar-refractivity contribution in [2.75, 3.05) is 13.2 Å². The van der Waals surface area contributed by atoms with Crippen molar-refractivity contribution in [2.24, 2.45) is 0 Å². The first-order valence-corrected chi connectivity index (χ1v) is 9.18. The molecule has 0 N–H and O–H groups in total. The lowest BCUT2D eigenvalue weighted by atomic mass is 10.1. The molecule has 1 fully saturated rings. The third-order valence-corrected chi connectivity index (χ3v) is 4.90. The Morgan fingerprint density at radius 3 is 2.50 bits per heavy atom. The number of thioether (sulfide) groups is 1. The van der Waals surface area contributed by atoms with Gasteiger partial charge in [0, 0.05) is 0 Å². The van der Waals surface area contributed by atoms with Gasteiger partial charge in [-0.25, -0.2) is 0 Å². The molecular weight excluding hydrogens is 391 g/mol. The number of hydrogen-bond donors (Lipinski definition) is 0. The monoisotopic (exact) mass is 407 g/mol. The van der Waals surface area contributed by atoms with Gasteiger partial charge in [0.2, 0.25) is 0 Å². The van der Waals surface area contributed by atoms with Crippen LogP contribution in [0.25, 0.3) is 6.08 Å². The maximum Gasteiger partial charge on any atom is 0.416 e. The average molecular weight is 407 g/mol. The second-order valence-electron chi connectivity index (χ2n) is 6.12. The van der Waals surface area contributed by atoms with Crippen molar-refractivity contribution < 1.29 is 27.5 Å². The number of nitrogens with zero attached hydrogens (tertiary/aromatic N) is 1. The van der Waals surface area contributed by atoms with Crippen molar-refractivity contribution in [1.29, 1.82) is 0 Å². The highest BCUT2D eigenvalue weighted by molar-refractivity contribution is 8.18. The fourth-order valence-electron chi connectivity index (χ4n) is 2.54. The molecule has 0 aromatic heterocycles. The first kappa shape index (κ1) is 20.0. The number of rotatable bonds is 5. The lowest BCUT2D eigenvalue weighted by Crippen LogP contribution is -2.32. The summed E-state index contributed by atoms with van der Waals surface area (Å²) in [6.07, 6.45) is -3.18. The molecule has 4 nitrogen and oxygen atoms in total. The molecule has 1 aliphatic heterocycles. The van der Waals surface area contributed by atoms with Crippen molar-refractivity contribution >= 4 is 29.0 Å². The first-order chi connectivity index (χ1) is 13.2. The zero-order chi connectivity index (χ0) is 20.3. The van der Waals surface area contributed by atoms with E-state index in [0.717, 1.165) is 22.6 Å². The normalized spacial score (nSPS) is 16.1. The molecule has 2 aromatic carbocycles. The third-order valence-electron chi connectivity index (χ3n) is 3.99. The van der Waals surface area contributed by atoms with E-state index in [1.165, 1.54) is 18.2 Å². The van der Waals surface area contributed by atoms with E-state index < -0.39 is 22.9 Å². The quantitative estimate of drug-likeness (QED) is 0.645. The second kappa shape index (κ2) is 8.10. The molecule has 3 rings (SSSR count). The molecular formula is C20H16F3NO3S. The maximum absolute atomic E-state index is 12.8. The lowest BCUT2D eigenvalue weighted by molar-refractivity contribution is -0.137. The molecule has 0 atom stereocenters. The predicted octanol–water partition coefficient (Wildman–Crippen LogP) is 5.13. The van der Waals surface area contributed by atoms with Crippen LogP contribution >= 0.6 is 11.8 Å². The van der Waals surface area contributed by atoms with Gasteiger partial charge in [-0.3, -0.25) is 14.5 Å². The Labute approximate surface area is 164 Å². The Bertz CT molecular complexity index is 923. The SMILES string of the molecule is Cc1ccc(OCCN2C(=O)S/C(=C\c3cccc(C(F)(F)F)c3)C2=O)cc1. The van der Waals surface area contributed by atoms with E-state index in [2.05, 4.69) is 0 Å². The summed E-state index contributed by atoms with van der Waals surface area (Å²) in [5, 5.41) is -0.476. The number of aryl methyl sites for hydroxylation is 1. The standard InChI is InChI=1S/C20H16F3NO3S/c1-13-5-7-16(8-6-13)27-10-9-24-18(25)17(28-19(24)26)12-14-3-2-4-15(11-14)20(21,22)23/h2-8,11-12H,9-10H2,1H3/b17-12-. The summed E-state index contributed by atoms with van der Waals surface area (Å²) < 4.78 is 44.0. The van der Waals surface area contributed by atoms with Crippen LogP contribution in [0.1, 0.15) is 16.7 Å². The second-order valence-corrected chi connectivity index (χ2v) is 7.11. The van der Waals surface area contributed by atoms with E-state index in [-0.39, 0.29) is 23.6 Å². The van der Waals surface area contributed by atoms with Crippen LogP contribution in [0.4, 0.5) is 18.0 Å². The Hall–Kier alpha value is -2.74. The van der Waals surface area contributed by atoms with Crippen LogP contribution in [0.2, 0.25) is 0 Å². The largest absolute Gasteiger partial charge is 0.492 e. The smallest absolute Gasteiger partial charge is 0.416 e. The topological polar surface area (TPSA) is 46.6 Å². The molecule has 0 unspecified atom stereocenters. The minimum Gasteiger partial charge on any atom is -0.492 e. The Kier molecular flexibility index (Phi) is 5.79. The summed E-state index contributed by atoms with van der Waals surface area (Å²) in [6, 6.07) is 11.9. The maximum atomic E-state index is 12.8. The highest BCUT2D eigenvalue weighted by Crippen LogP contribution is 2.34. The molecule has 0 bridgehead atoms. The van der Waals surface area contributed by atoms with Gasteiger partial charge in [-0.2, -0.15) is 13.2 Å². The summed E-state index contributed by atoms with van der Waals surface area (Å²) in [4.78, 5) is 25.6. The van der Waals surface area contributed by atoms with Gasteiger partial charge in [-0.1, -0.05) is 29.8 Å². The molecule has 1 heterocycles. The Morgan fingerprint density at radius 2 is 1.82 bits per heavy atom. The van der Waals surface area contributed by atoms with Crippen LogP contribution in [0.15, 0.2) is 53.4 Å². The van der Waals surface area contributed by atoms with Crippen LogP contribution in [0, 0.1) is 6.92 Å². The minimum absolute atomic E-state index is 0.0540. The van der Waals surface area contributed by atoms with Gasteiger partial charge in [0.25, 0.3) is 11.1 Å². The number of imide groups is 1. The third kappa shape index (κ3) is 4.75. The van der Waals surface area contributed by atoms with Crippen molar-refractivity contribution in [3.05, 3.63) is 70.1 Å². The van der Waals surface area contributed by atoms with Gasteiger partial charge in [0.1, 0.15) is 12.4 Å². The van der Waals surface area contributed by atoms with Crippen molar-refractivity contribution in [2.45, 2.75) is 13.1 Å². The molecule has 8 heteroatoms. The van der Waals surface area contributed by atoms with E-state index in [1.54, 1.807) is 12.1 Å². The number of benzene rings is 2. The average Bonchev–Trinajstić information content (AvgIpc) is 2.90. The summed E-state index contributed by atoms with van der Waals surface area (Å²) in [6.45, 7) is 2.12. The van der Waals surface area contributed by atoms with E-state index in [0.29, 0.717) is 17.5 Å². The van der Waals surface area contributed by atoms with Gasteiger partial charge < -0.3 is 4.74 Å². The van der Waals surface area contributed by atoms with E-state index in [4.69, 9.17) is 4.74 Å². The van der Waals surface area contributed by atoms with E-state index in [9.17, 15) is 22.8 Å². The molecule has 0 aliphatic carbocycles. The molecule has 146 valence electrons. The molecule has 0 radical (unpaired) electrons. The fourth-order valence-corrected chi connectivity index (χ4v) is 3.40. The van der Waals surface area contributed by atoms with E-state index in [1.807, 2.05) is 19.1 Å². The molecule has 0 spiro atoms. The summed E-state index contributed by atoms with van der Waals surface area (Å²) >= 11 is 0.700. The molecule has 1 aliphatic rings. The van der Waals surface area contributed by atoms with E-state index >= 15 is 0 Å². The van der Waals surface area contributed by atoms with Crippen molar-refractivity contribution in [3.8, 4) is 5.75 Å². The summed E-state index contributed by atoms with van der Waals surface area (Å²) in [7, 11) is 0. The van der Waals surface area contributed by atoms with Crippen molar-refractivity contribution in [1.82, 2.24) is 4.90 Å². The molecule has 28 heavy (non-hydrogen) atoms. The lowest BCUT2D eigenvalue weighted by Gasteiger charge is -2.13. The number of alkyl halides is 3. The summed E-state index contributed by atoms with van der Waals surface area (Å²) in [5.41, 5.74) is 0.473. The predicted molar refractivity (Wildman–Crippen MR) is 101 cm³/mol.